The lowest BCUT2D eigenvalue weighted by molar-refractivity contribution is 0.331. The van der Waals surface area contributed by atoms with E-state index in [1.807, 2.05) is 0 Å². The fourth-order valence-electron chi connectivity index (χ4n) is 2.60. The number of rotatable bonds is 6. The zero-order valence-electron chi connectivity index (χ0n) is 13.2. The Balaban J connectivity index is 2.18. The van der Waals surface area contributed by atoms with Crippen LogP contribution < -0.4 is 10.3 Å². The van der Waals surface area contributed by atoms with Crippen LogP contribution in [0.5, 0.6) is 5.75 Å². The first-order chi connectivity index (χ1) is 12.5. The summed E-state index contributed by atoms with van der Waals surface area (Å²) in [5, 5.41) is 8.83. The van der Waals surface area contributed by atoms with Gasteiger partial charge in [-0.1, -0.05) is 17.4 Å². The Morgan fingerprint density at radius 3 is 2.30 bits per heavy atom. The number of nitrogens with zero attached hydrogens (tertiary/aromatic N) is 1. The van der Waals surface area contributed by atoms with Crippen LogP contribution in [0, 0.1) is 0 Å². The number of thiophene rings is 1. The maximum absolute atomic E-state index is 12.3. The second kappa shape index (κ2) is 7.16. The van der Waals surface area contributed by atoms with Gasteiger partial charge in [0.25, 0.3) is 0 Å². The number of hydrogen-bond donors (Lipinski definition) is 6. The van der Waals surface area contributed by atoms with Crippen LogP contribution in [0.1, 0.15) is 10.9 Å². The highest BCUT2D eigenvalue weighted by Gasteiger charge is 2.50. The van der Waals surface area contributed by atoms with Crippen molar-refractivity contribution >= 4 is 48.1 Å². The van der Waals surface area contributed by atoms with Crippen LogP contribution in [-0.4, -0.2) is 34.8 Å². The predicted molar refractivity (Wildman–Crippen MR) is 102 cm³/mol. The highest BCUT2D eigenvalue weighted by atomic mass is 32.1. The maximum Gasteiger partial charge on any atom is 0.343 e. The molecule has 0 spiro atoms. The Morgan fingerprint density at radius 2 is 1.74 bits per heavy atom. The van der Waals surface area contributed by atoms with Gasteiger partial charge in [0.2, 0.25) is 0 Å². The lowest BCUT2D eigenvalue weighted by Crippen LogP contribution is -2.34. The van der Waals surface area contributed by atoms with Gasteiger partial charge in [-0.25, -0.2) is 4.68 Å². The molecule has 3 rings (SSSR count). The summed E-state index contributed by atoms with van der Waals surface area (Å²) in [5.41, 5.74) is 2.75. The van der Waals surface area contributed by atoms with Crippen molar-refractivity contribution in [2.75, 3.05) is 5.43 Å². The molecule has 3 aromatic rings. The van der Waals surface area contributed by atoms with E-state index in [1.54, 1.807) is 11.4 Å². The fraction of sp³-hybridized carbons (Fsp3) is 0.154. The number of nitrogens with one attached hydrogen (secondary N) is 1. The third-order valence-electron chi connectivity index (χ3n) is 3.67. The van der Waals surface area contributed by atoms with Gasteiger partial charge in [-0.05, 0) is 23.6 Å². The monoisotopic (exact) mass is 452 g/mol. The summed E-state index contributed by atoms with van der Waals surface area (Å²) in [6, 6.07) is 5.55. The Bertz CT molecular complexity index is 1090. The molecular weight excluding hydrogens is 438 g/mol. The van der Waals surface area contributed by atoms with Gasteiger partial charge in [-0.3, -0.25) is 13.9 Å². The van der Waals surface area contributed by atoms with Gasteiger partial charge in [0.1, 0.15) is 11.8 Å². The van der Waals surface area contributed by atoms with Gasteiger partial charge < -0.3 is 30.1 Å². The number of thiazole rings is 1. The minimum Gasteiger partial charge on any atom is -0.508 e. The van der Waals surface area contributed by atoms with Gasteiger partial charge in [0.05, 0.1) is 10.2 Å². The largest absolute Gasteiger partial charge is 0.508 e. The highest BCUT2D eigenvalue weighted by Crippen LogP contribution is 2.64. The third-order valence-corrected chi connectivity index (χ3v) is 9.33. The fourth-order valence-corrected chi connectivity index (χ4v) is 7.22. The third kappa shape index (κ3) is 4.18. The Hall–Kier alpha value is -1.49. The molecule has 10 nitrogen and oxygen atoms in total. The molecule has 14 heteroatoms. The molecule has 1 atom stereocenters. The molecule has 0 fully saturated rings. The molecule has 0 bridgehead atoms. The molecule has 0 aliphatic carbocycles. The summed E-state index contributed by atoms with van der Waals surface area (Å²) < 4.78 is 25.2. The quantitative estimate of drug-likeness (QED) is 0.305. The van der Waals surface area contributed by atoms with Crippen molar-refractivity contribution in [2.24, 2.45) is 0 Å². The molecule has 0 aliphatic heterocycles. The minimum atomic E-state index is -5.28. The minimum absolute atomic E-state index is 0.148. The van der Waals surface area contributed by atoms with Crippen LogP contribution in [0.15, 0.2) is 40.5 Å². The van der Waals surface area contributed by atoms with E-state index >= 15 is 0 Å². The van der Waals surface area contributed by atoms with Crippen molar-refractivity contribution in [2.45, 2.75) is 11.4 Å². The van der Waals surface area contributed by atoms with Crippen molar-refractivity contribution in [3.05, 3.63) is 50.3 Å². The molecule has 6 N–H and O–H groups in total. The van der Waals surface area contributed by atoms with Crippen molar-refractivity contribution in [3.8, 4) is 5.75 Å². The smallest absolute Gasteiger partial charge is 0.343 e. The van der Waals surface area contributed by atoms with E-state index in [0.717, 1.165) is 27.3 Å². The van der Waals surface area contributed by atoms with Crippen LogP contribution in [0.25, 0.3) is 10.2 Å². The number of aromatic hydroxyl groups is 1. The molecular formula is C13H14N2O8P2S2. The SMILES string of the molecule is O=c1sc2ccc(O)cc2n1NC(c1cccs1)C(P(=O)(O)O)P(=O)(O)O. The first-order valence-corrected chi connectivity index (χ1v) is 12.3. The number of phenolic OH excluding ortho intramolecular Hbond substituents is 1. The molecule has 0 aliphatic rings. The Kier molecular flexibility index (Phi) is 5.37. The highest BCUT2D eigenvalue weighted by molar-refractivity contribution is 7.71. The molecule has 0 saturated carbocycles. The summed E-state index contributed by atoms with van der Waals surface area (Å²) in [6.07, 6.45) is 0. The van der Waals surface area contributed by atoms with Gasteiger partial charge in [0, 0.05) is 10.9 Å². The molecule has 146 valence electrons. The van der Waals surface area contributed by atoms with Crippen LogP contribution in [0.4, 0.5) is 0 Å². The van der Waals surface area contributed by atoms with Gasteiger partial charge in [-0.15, -0.1) is 11.3 Å². The molecule has 1 aromatic carbocycles. The number of benzene rings is 1. The first-order valence-electron chi connectivity index (χ1n) is 7.23. The van der Waals surface area contributed by atoms with E-state index in [0.29, 0.717) is 4.70 Å². The average molecular weight is 452 g/mol. The zero-order chi connectivity index (χ0) is 20.0. The molecule has 27 heavy (non-hydrogen) atoms. The lowest BCUT2D eigenvalue weighted by Gasteiger charge is -2.29. The average Bonchev–Trinajstić information content (AvgIpc) is 3.13. The van der Waals surface area contributed by atoms with Crippen molar-refractivity contribution in [3.63, 3.8) is 0 Å². The molecule has 1 unspecified atom stereocenters. The number of hydrogen-bond acceptors (Lipinski definition) is 7. The topological polar surface area (TPSA) is 169 Å². The van der Waals surface area contributed by atoms with E-state index in [4.69, 9.17) is 0 Å². The molecule has 2 aromatic heterocycles. The van der Waals surface area contributed by atoms with Crippen LogP contribution in [0.2, 0.25) is 0 Å². The summed E-state index contributed by atoms with van der Waals surface area (Å²) in [6.45, 7) is 0. The Morgan fingerprint density at radius 1 is 1.07 bits per heavy atom. The Labute approximate surface area is 159 Å². The second-order valence-electron chi connectivity index (χ2n) is 5.57. The molecule has 0 amide bonds. The second-order valence-corrected chi connectivity index (χ2v) is 11.4. The normalized spacial score (nSPS) is 14.0. The van der Waals surface area contributed by atoms with Crippen LogP contribution >= 0.6 is 37.9 Å². The van der Waals surface area contributed by atoms with Crippen molar-refractivity contribution in [1.29, 1.82) is 0 Å². The number of phenols is 1. The van der Waals surface area contributed by atoms with Gasteiger partial charge >= 0.3 is 20.1 Å². The number of aromatic nitrogens is 1. The van der Waals surface area contributed by atoms with E-state index in [-0.39, 0.29) is 16.1 Å². The molecule has 2 heterocycles. The lowest BCUT2D eigenvalue weighted by atomic mass is 10.3. The summed E-state index contributed by atoms with van der Waals surface area (Å²) >= 11 is 1.82. The van der Waals surface area contributed by atoms with Crippen molar-refractivity contribution in [1.82, 2.24) is 4.68 Å². The maximum atomic E-state index is 12.3. The predicted octanol–water partition coefficient (Wildman–Crippen LogP) is 1.80. The molecule has 0 saturated heterocycles. The van der Waals surface area contributed by atoms with Gasteiger partial charge in [-0.2, -0.15) is 0 Å². The van der Waals surface area contributed by atoms with E-state index in [2.05, 4.69) is 5.43 Å². The van der Waals surface area contributed by atoms with E-state index < -0.39 is 31.5 Å². The zero-order valence-corrected chi connectivity index (χ0v) is 16.7. The summed E-state index contributed by atoms with van der Waals surface area (Å²) in [7, 11) is -10.6. The van der Waals surface area contributed by atoms with E-state index in [1.165, 1.54) is 24.3 Å². The van der Waals surface area contributed by atoms with Crippen LogP contribution in [-0.2, 0) is 9.13 Å². The molecule has 0 radical (unpaired) electrons. The van der Waals surface area contributed by atoms with Crippen LogP contribution in [0.3, 0.4) is 0 Å². The summed E-state index contributed by atoms with van der Waals surface area (Å²) in [5.74, 6) is -0.148. The summed E-state index contributed by atoms with van der Waals surface area (Å²) in [4.78, 5) is 50.4. The van der Waals surface area contributed by atoms with Gasteiger partial charge in [0.15, 0.2) is 5.40 Å². The standard InChI is InChI=1S/C13H14N2O8P2S2/c16-7-3-4-9-8(6-7)15(13(17)27-9)14-11(10-2-1-5-26-10)12(24(18,19)20)25(21,22)23/h1-6,11-12,14,16H,(H2,18,19,20)(H2,21,22,23). The number of fused-ring (bicyclic) bond motifs is 1. The van der Waals surface area contributed by atoms with E-state index in [9.17, 15) is 38.6 Å². The first kappa shape index (κ1) is 20.2. The van der Waals surface area contributed by atoms with Crippen molar-refractivity contribution < 1.29 is 33.8 Å².